The van der Waals surface area contributed by atoms with Gasteiger partial charge in [-0.15, -0.1) is 0 Å². The Kier molecular flexibility index (Phi) is 8.44. The van der Waals surface area contributed by atoms with Crippen LogP contribution in [-0.2, 0) is 19.1 Å². The molecule has 0 bridgehead atoms. The highest BCUT2D eigenvalue weighted by atomic mass is 19.1. The van der Waals surface area contributed by atoms with Crippen molar-refractivity contribution < 1.29 is 37.6 Å². The van der Waals surface area contributed by atoms with E-state index in [1.807, 2.05) is 4.90 Å². The zero-order valence-corrected chi connectivity index (χ0v) is 21.2. The van der Waals surface area contributed by atoms with E-state index in [4.69, 9.17) is 14.0 Å². The van der Waals surface area contributed by atoms with E-state index in [1.54, 1.807) is 30.9 Å². The molecule has 2 aromatic rings. The van der Waals surface area contributed by atoms with Crippen LogP contribution in [0, 0.1) is 5.82 Å². The van der Waals surface area contributed by atoms with Crippen LogP contribution in [-0.4, -0.2) is 85.4 Å². The highest BCUT2D eigenvalue weighted by molar-refractivity contribution is 5.95. The molecule has 2 aliphatic heterocycles. The minimum Gasteiger partial charge on any atom is -0.466 e. The highest BCUT2D eigenvalue weighted by Gasteiger charge is 2.33. The first-order valence-corrected chi connectivity index (χ1v) is 12.5. The lowest BCUT2D eigenvalue weighted by atomic mass is 10.1. The maximum Gasteiger partial charge on any atom is 0.414 e. The minimum atomic E-state index is -0.767. The van der Waals surface area contributed by atoms with Crippen LogP contribution in [0.5, 0.6) is 0 Å². The van der Waals surface area contributed by atoms with Crippen molar-refractivity contribution >= 4 is 35.3 Å². The molecule has 1 N–H and O–H groups in total. The van der Waals surface area contributed by atoms with Gasteiger partial charge in [-0.25, -0.2) is 9.18 Å². The molecule has 204 valence electrons. The van der Waals surface area contributed by atoms with Crippen molar-refractivity contribution in [2.45, 2.75) is 38.8 Å². The van der Waals surface area contributed by atoms with Gasteiger partial charge in [-0.3, -0.25) is 19.3 Å². The van der Waals surface area contributed by atoms with Gasteiger partial charge >= 0.3 is 12.1 Å². The van der Waals surface area contributed by atoms with Crippen molar-refractivity contribution in [3.05, 3.63) is 42.0 Å². The van der Waals surface area contributed by atoms with Crippen molar-refractivity contribution in [1.29, 1.82) is 0 Å². The lowest BCUT2D eigenvalue weighted by molar-refractivity contribution is -0.143. The van der Waals surface area contributed by atoms with Crippen LogP contribution in [0.2, 0.25) is 0 Å². The molecule has 0 saturated carbocycles. The maximum absolute atomic E-state index is 15.1. The monoisotopic (exact) mass is 531 g/mol. The Hall–Kier alpha value is -4.16. The number of carbonyl (C=O) groups is 4. The fourth-order valence-corrected chi connectivity index (χ4v) is 4.42. The number of piperazine rings is 1. The SMILES string of the molecule is CCOC(=O)CC[C@H]1CN(c2ccc(N3CCN(C(=O)[C@H](C)NC(=O)c4ccno4)CC3)c(F)c2)C(=O)O1. The number of anilines is 2. The molecule has 2 saturated heterocycles. The third-order valence-corrected chi connectivity index (χ3v) is 6.40. The first-order chi connectivity index (χ1) is 18.3. The van der Waals surface area contributed by atoms with Gasteiger partial charge in [0.05, 0.1) is 30.7 Å². The fraction of sp³-hybridized carbons (Fsp3) is 0.480. The summed E-state index contributed by atoms with van der Waals surface area (Å²) < 4.78 is 30.1. The first kappa shape index (κ1) is 26.9. The van der Waals surface area contributed by atoms with E-state index in [-0.39, 0.29) is 37.2 Å². The third kappa shape index (κ3) is 6.21. The number of halogens is 1. The lowest BCUT2D eigenvalue weighted by Crippen LogP contribution is -2.54. The van der Waals surface area contributed by atoms with Crippen molar-refractivity contribution in [2.24, 2.45) is 0 Å². The Morgan fingerprint density at radius 3 is 2.63 bits per heavy atom. The van der Waals surface area contributed by atoms with Crippen LogP contribution < -0.4 is 15.1 Å². The summed E-state index contributed by atoms with van der Waals surface area (Å²) in [6.07, 6.45) is 0.723. The van der Waals surface area contributed by atoms with Gasteiger partial charge in [0.25, 0.3) is 5.91 Å². The molecule has 2 fully saturated rings. The standard InChI is InChI=1S/C25H30FN5O7/c1-3-36-22(32)7-5-18-15-31(25(35)37-18)17-4-6-20(19(26)14-17)29-10-12-30(13-11-29)24(34)16(2)28-23(33)21-8-9-27-38-21/h4,6,8-9,14,16,18H,3,5,7,10-13,15H2,1-2H3,(H,28,33)/t16-,18-/m0/s1. The summed E-state index contributed by atoms with van der Waals surface area (Å²) in [5, 5.41) is 6.06. The summed E-state index contributed by atoms with van der Waals surface area (Å²) in [5.41, 5.74) is 0.721. The Balaban J connectivity index is 1.29. The van der Waals surface area contributed by atoms with Crippen LogP contribution in [0.4, 0.5) is 20.6 Å². The Labute approximate surface area is 218 Å². The number of esters is 1. The largest absolute Gasteiger partial charge is 0.466 e. The molecule has 13 heteroatoms. The number of cyclic esters (lactones) is 1. The molecule has 2 aliphatic rings. The van der Waals surface area contributed by atoms with E-state index in [0.717, 1.165) is 0 Å². The van der Waals surface area contributed by atoms with Gasteiger partial charge in [-0.05, 0) is 38.5 Å². The summed E-state index contributed by atoms with van der Waals surface area (Å²) >= 11 is 0. The lowest BCUT2D eigenvalue weighted by Gasteiger charge is -2.37. The molecule has 3 heterocycles. The normalized spacial score (nSPS) is 18.2. The van der Waals surface area contributed by atoms with Crippen LogP contribution in [0.25, 0.3) is 0 Å². The van der Waals surface area contributed by atoms with Crippen molar-refractivity contribution in [1.82, 2.24) is 15.4 Å². The topological polar surface area (TPSA) is 135 Å². The number of nitrogens with one attached hydrogen (secondary N) is 1. The molecule has 4 rings (SSSR count). The molecule has 38 heavy (non-hydrogen) atoms. The van der Waals surface area contributed by atoms with Crippen LogP contribution in [0.3, 0.4) is 0 Å². The molecular weight excluding hydrogens is 501 g/mol. The van der Waals surface area contributed by atoms with Gasteiger partial charge < -0.3 is 29.1 Å². The Bertz CT molecular complexity index is 1170. The molecule has 0 aliphatic carbocycles. The molecule has 2 atom stereocenters. The van der Waals surface area contributed by atoms with E-state index in [0.29, 0.717) is 44.0 Å². The number of ether oxygens (including phenoxy) is 2. The molecule has 0 radical (unpaired) electrons. The fourth-order valence-electron chi connectivity index (χ4n) is 4.42. The number of hydrogen-bond donors (Lipinski definition) is 1. The number of carbonyl (C=O) groups excluding carboxylic acids is 4. The number of hydrogen-bond acceptors (Lipinski definition) is 9. The summed E-state index contributed by atoms with van der Waals surface area (Å²) in [6, 6.07) is 5.16. The predicted molar refractivity (Wildman–Crippen MR) is 132 cm³/mol. The van der Waals surface area contributed by atoms with Gasteiger partial charge in [0.1, 0.15) is 18.0 Å². The number of amides is 3. The zero-order chi connectivity index (χ0) is 27.2. The molecule has 1 aromatic carbocycles. The van der Waals surface area contributed by atoms with Gasteiger partial charge in [0.15, 0.2) is 0 Å². The van der Waals surface area contributed by atoms with Gasteiger partial charge in [0.2, 0.25) is 11.7 Å². The van der Waals surface area contributed by atoms with Gasteiger partial charge in [-0.2, -0.15) is 0 Å². The third-order valence-electron chi connectivity index (χ3n) is 6.40. The summed E-state index contributed by atoms with van der Waals surface area (Å²) in [4.78, 5) is 53.6. The van der Waals surface area contributed by atoms with E-state index < -0.39 is 30.0 Å². The Morgan fingerprint density at radius 1 is 1.21 bits per heavy atom. The first-order valence-electron chi connectivity index (χ1n) is 12.5. The van der Waals surface area contributed by atoms with Crippen LogP contribution in [0.1, 0.15) is 37.2 Å². The quantitative estimate of drug-likeness (QED) is 0.482. The molecule has 0 spiro atoms. The minimum absolute atomic E-state index is 0.0165. The van der Waals surface area contributed by atoms with Gasteiger partial charge in [0, 0.05) is 38.7 Å². The summed E-state index contributed by atoms with van der Waals surface area (Å²) in [6.45, 7) is 5.30. The highest BCUT2D eigenvalue weighted by Crippen LogP contribution is 2.29. The zero-order valence-electron chi connectivity index (χ0n) is 21.2. The number of rotatable bonds is 9. The molecule has 3 amide bonds. The second kappa shape index (κ2) is 11.9. The molecular formula is C25H30FN5O7. The maximum atomic E-state index is 15.1. The second-order valence-corrected chi connectivity index (χ2v) is 8.98. The van der Waals surface area contributed by atoms with Crippen LogP contribution >= 0.6 is 0 Å². The number of aromatic nitrogens is 1. The number of benzene rings is 1. The average Bonchev–Trinajstić information content (AvgIpc) is 3.57. The smallest absolute Gasteiger partial charge is 0.414 e. The Morgan fingerprint density at radius 2 is 1.97 bits per heavy atom. The summed E-state index contributed by atoms with van der Waals surface area (Å²) in [5.74, 6) is -1.62. The van der Waals surface area contributed by atoms with Crippen molar-refractivity contribution in [3.63, 3.8) is 0 Å². The van der Waals surface area contributed by atoms with Gasteiger partial charge in [-0.1, -0.05) is 5.16 Å². The molecule has 1 aromatic heterocycles. The van der Waals surface area contributed by atoms with E-state index in [2.05, 4.69) is 10.5 Å². The van der Waals surface area contributed by atoms with Crippen molar-refractivity contribution in [2.75, 3.05) is 49.1 Å². The second-order valence-electron chi connectivity index (χ2n) is 8.98. The van der Waals surface area contributed by atoms with E-state index in [9.17, 15) is 19.2 Å². The van der Waals surface area contributed by atoms with Crippen LogP contribution in [0.15, 0.2) is 35.0 Å². The number of nitrogens with zero attached hydrogens (tertiary/aromatic N) is 4. The van der Waals surface area contributed by atoms with E-state index >= 15 is 4.39 Å². The molecule has 12 nitrogen and oxygen atoms in total. The van der Waals surface area contributed by atoms with Crippen molar-refractivity contribution in [3.8, 4) is 0 Å². The predicted octanol–water partition coefficient (Wildman–Crippen LogP) is 1.95. The molecule has 0 unspecified atom stereocenters. The average molecular weight is 532 g/mol. The summed E-state index contributed by atoms with van der Waals surface area (Å²) in [7, 11) is 0. The van der Waals surface area contributed by atoms with E-state index in [1.165, 1.54) is 23.2 Å².